The van der Waals surface area contributed by atoms with E-state index in [1.165, 1.54) is 47.4 Å². The second kappa shape index (κ2) is 15.1. The van der Waals surface area contributed by atoms with Gasteiger partial charge in [-0.1, -0.05) is 103 Å². The van der Waals surface area contributed by atoms with Crippen LogP contribution in [0.1, 0.15) is 36.8 Å². The molecule has 1 aliphatic carbocycles. The lowest BCUT2D eigenvalue weighted by molar-refractivity contribution is -0.140. The van der Waals surface area contributed by atoms with Gasteiger partial charge < -0.3 is 10.2 Å². The monoisotopic (exact) mass is 681 g/mol. The van der Waals surface area contributed by atoms with E-state index in [4.69, 9.17) is 23.2 Å². The summed E-state index contributed by atoms with van der Waals surface area (Å²) in [6.45, 7) is -0.982. The normalized spacial score (nSPS) is 14.1. The van der Waals surface area contributed by atoms with Gasteiger partial charge in [-0.05, 0) is 54.8 Å². The predicted molar refractivity (Wildman–Crippen MR) is 179 cm³/mol. The van der Waals surface area contributed by atoms with E-state index < -0.39 is 34.3 Å². The zero-order chi connectivity index (χ0) is 32.7. The summed E-state index contributed by atoms with van der Waals surface area (Å²) in [6, 6.07) is 26.1. The molecule has 0 aromatic heterocycles. The first-order chi connectivity index (χ1) is 22.1. The number of benzene rings is 4. The maximum Gasteiger partial charge on any atom is 0.264 e. The summed E-state index contributed by atoms with van der Waals surface area (Å²) in [5.41, 5.74) is 1.00. The maximum atomic E-state index is 15.1. The molecule has 240 valence electrons. The van der Waals surface area contributed by atoms with Crippen molar-refractivity contribution in [3.63, 3.8) is 0 Å². The standard InChI is InChI=1S/C35H34Cl2FN3O4S/c36-27-19-20-32(30(37)22-27)41(46(44,45)29-16-5-2-6-17-29)24-34(42)40(23-26-13-7-10-18-31(26)38)33(21-25-11-3-1-4-12-25)35(43)39-28-14-8-9-15-28/h1-7,10-13,16-20,22,28,33H,8-9,14-15,21,23-24H2,(H,39,43)/t33-/m0/s1. The van der Waals surface area contributed by atoms with E-state index in [0.717, 1.165) is 35.6 Å². The van der Waals surface area contributed by atoms with Crippen LogP contribution in [0.4, 0.5) is 10.1 Å². The minimum absolute atomic E-state index is 0.0141. The Balaban J connectivity index is 1.59. The number of carbonyl (C=O) groups is 2. The molecule has 0 bridgehead atoms. The van der Waals surface area contributed by atoms with Gasteiger partial charge in [-0.2, -0.15) is 0 Å². The quantitative estimate of drug-likeness (QED) is 0.174. The molecule has 0 spiro atoms. The number of nitrogens with zero attached hydrogens (tertiary/aromatic N) is 2. The molecular formula is C35H34Cl2FN3O4S. The van der Waals surface area contributed by atoms with Crippen molar-refractivity contribution < 1.29 is 22.4 Å². The van der Waals surface area contributed by atoms with E-state index in [0.29, 0.717) is 0 Å². The fourth-order valence-electron chi connectivity index (χ4n) is 5.65. The molecule has 2 amide bonds. The molecule has 11 heteroatoms. The Morgan fingerprint density at radius 1 is 0.870 bits per heavy atom. The minimum atomic E-state index is -4.34. The minimum Gasteiger partial charge on any atom is -0.352 e. The van der Waals surface area contributed by atoms with Gasteiger partial charge in [-0.25, -0.2) is 12.8 Å². The van der Waals surface area contributed by atoms with Gasteiger partial charge in [0.2, 0.25) is 11.8 Å². The van der Waals surface area contributed by atoms with E-state index in [-0.39, 0.29) is 51.1 Å². The van der Waals surface area contributed by atoms with Crippen LogP contribution < -0.4 is 9.62 Å². The molecule has 0 unspecified atom stereocenters. The van der Waals surface area contributed by atoms with Crippen molar-refractivity contribution in [3.05, 3.63) is 130 Å². The Labute approximate surface area is 279 Å². The largest absolute Gasteiger partial charge is 0.352 e. The molecule has 1 saturated carbocycles. The molecule has 0 saturated heterocycles. The predicted octanol–water partition coefficient (Wildman–Crippen LogP) is 7.03. The molecule has 46 heavy (non-hydrogen) atoms. The number of carbonyl (C=O) groups excluding carboxylic acids is 2. The summed E-state index contributed by atoms with van der Waals surface area (Å²) >= 11 is 12.6. The van der Waals surface area contributed by atoms with Crippen LogP contribution in [0.3, 0.4) is 0 Å². The third-order valence-electron chi connectivity index (χ3n) is 8.06. The lowest BCUT2D eigenvalue weighted by atomic mass is 10.0. The molecule has 0 radical (unpaired) electrons. The highest BCUT2D eigenvalue weighted by Gasteiger charge is 2.36. The number of sulfonamides is 1. The number of hydrogen-bond donors (Lipinski definition) is 1. The highest BCUT2D eigenvalue weighted by Crippen LogP contribution is 2.33. The van der Waals surface area contributed by atoms with Crippen molar-refractivity contribution in [2.45, 2.75) is 55.6 Å². The number of rotatable bonds is 12. The van der Waals surface area contributed by atoms with Gasteiger partial charge in [0.15, 0.2) is 0 Å². The first-order valence-corrected chi connectivity index (χ1v) is 17.2. The Bertz CT molecular complexity index is 1770. The first-order valence-electron chi connectivity index (χ1n) is 15.0. The molecule has 1 fully saturated rings. The van der Waals surface area contributed by atoms with E-state index in [9.17, 15) is 18.0 Å². The number of hydrogen-bond acceptors (Lipinski definition) is 4. The summed E-state index contributed by atoms with van der Waals surface area (Å²) in [4.78, 5) is 29.8. The van der Waals surface area contributed by atoms with Crippen LogP contribution in [0.15, 0.2) is 108 Å². The smallest absolute Gasteiger partial charge is 0.264 e. The Kier molecular flexibility index (Phi) is 11.0. The van der Waals surface area contributed by atoms with Gasteiger partial charge in [-0.3, -0.25) is 13.9 Å². The maximum absolute atomic E-state index is 15.1. The van der Waals surface area contributed by atoms with Gasteiger partial charge in [-0.15, -0.1) is 0 Å². The molecule has 1 aliphatic rings. The van der Waals surface area contributed by atoms with E-state index >= 15 is 4.39 Å². The van der Waals surface area contributed by atoms with E-state index in [2.05, 4.69) is 5.32 Å². The number of anilines is 1. The second-order valence-corrected chi connectivity index (χ2v) is 13.9. The summed E-state index contributed by atoms with van der Waals surface area (Å²) in [6.07, 6.45) is 3.75. The lowest BCUT2D eigenvalue weighted by Gasteiger charge is -2.34. The van der Waals surface area contributed by atoms with Crippen molar-refractivity contribution in [3.8, 4) is 0 Å². The van der Waals surface area contributed by atoms with Crippen molar-refractivity contribution in [2.24, 2.45) is 0 Å². The van der Waals surface area contributed by atoms with Gasteiger partial charge in [0, 0.05) is 29.6 Å². The summed E-state index contributed by atoms with van der Waals surface area (Å²) in [5, 5.41) is 3.39. The van der Waals surface area contributed by atoms with Crippen molar-refractivity contribution in [2.75, 3.05) is 10.8 Å². The summed E-state index contributed by atoms with van der Waals surface area (Å²) in [7, 11) is -4.34. The van der Waals surface area contributed by atoms with Crippen LogP contribution >= 0.6 is 23.2 Å². The fraction of sp³-hybridized carbons (Fsp3) is 0.257. The lowest BCUT2D eigenvalue weighted by Crippen LogP contribution is -2.54. The van der Waals surface area contributed by atoms with Crippen LogP contribution in [-0.2, 0) is 32.6 Å². The fourth-order valence-corrected chi connectivity index (χ4v) is 7.66. The topological polar surface area (TPSA) is 86.8 Å². The van der Waals surface area contributed by atoms with Gasteiger partial charge in [0.1, 0.15) is 18.4 Å². The summed E-state index contributed by atoms with van der Waals surface area (Å²) < 4.78 is 44.2. The molecule has 4 aromatic rings. The molecule has 1 N–H and O–H groups in total. The molecular weight excluding hydrogens is 648 g/mol. The van der Waals surface area contributed by atoms with Crippen molar-refractivity contribution >= 4 is 50.7 Å². The zero-order valence-corrected chi connectivity index (χ0v) is 27.3. The van der Waals surface area contributed by atoms with Gasteiger partial charge in [0.25, 0.3) is 10.0 Å². The van der Waals surface area contributed by atoms with Crippen LogP contribution in [0.2, 0.25) is 10.0 Å². The third kappa shape index (κ3) is 8.07. The van der Waals surface area contributed by atoms with Gasteiger partial charge >= 0.3 is 0 Å². The highest BCUT2D eigenvalue weighted by molar-refractivity contribution is 7.92. The molecule has 0 aliphatic heterocycles. The van der Waals surface area contributed by atoms with Crippen molar-refractivity contribution in [1.29, 1.82) is 0 Å². The van der Waals surface area contributed by atoms with Gasteiger partial charge in [0.05, 0.1) is 15.6 Å². The van der Waals surface area contributed by atoms with E-state index in [1.54, 1.807) is 30.3 Å². The second-order valence-electron chi connectivity index (χ2n) is 11.2. The average molecular weight is 683 g/mol. The first kappa shape index (κ1) is 33.4. The average Bonchev–Trinajstić information content (AvgIpc) is 3.56. The Morgan fingerprint density at radius 3 is 2.15 bits per heavy atom. The van der Waals surface area contributed by atoms with Crippen LogP contribution in [0, 0.1) is 5.82 Å². The Morgan fingerprint density at radius 2 is 1.50 bits per heavy atom. The number of halogens is 3. The van der Waals surface area contributed by atoms with Crippen LogP contribution in [0.25, 0.3) is 0 Å². The van der Waals surface area contributed by atoms with Crippen molar-refractivity contribution in [1.82, 2.24) is 10.2 Å². The third-order valence-corrected chi connectivity index (χ3v) is 10.4. The summed E-state index contributed by atoms with van der Waals surface area (Å²) in [5.74, 6) is -1.65. The molecule has 0 heterocycles. The molecule has 1 atom stereocenters. The highest BCUT2D eigenvalue weighted by atomic mass is 35.5. The van der Waals surface area contributed by atoms with Crippen LogP contribution in [-0.4, -0.2) is 43.8 Å². The molecule has 7 nitrogen and oxygen atoms in total. The number of nitrogens with one attached hydrogen (secondary N) is 1. The SMILES string of the molecule is O=C(NC1CCCC1)[C@H](Cc1ccccc1)N(Cc1ccccc1F)C(=O)CN(c1ccc(Cl)cc1Cl)S(=O)(=O)c1ccccc1. The van der Waals surface area contributed by atoms with Crippen LogP contribution in [0.5, 0.6) is 0 Å². The Hall–Kier alpha value is -3.92. The number of amides is 2. The van der Waals surface area contributed by atoms with E-state index in [1.807, 2.05) is 30.3 Å². The molecule has 5 rings (SSSR count). The zero-order valence-electron chi connectivity index (χ0n) is 25.0. The molecule has 4 aromatic carbocycles.